The van der Waals surface area contributed by atoms with Gasteiger partial charge in [0.1, 0.15) is 18.1 Å². The van der Waals surface area contributed by atoms with Gasteiger partial charge in [-0.05, 0) is 61.8 Å². The molecule has 53 heavy (non-hydrogen) atoms. The molecule has 1 aliphatic heterocycles. The average Bonchev–Trinajstić information content (AvgIpc) is 3.49. The fourth-order valence-electron chi connectivity index (χ4n) is 6.02. The zero-order valence-corrected chi connectivity index (χ0v) is 30.9. The zero-order chi connectivity index (χ0) is 39.1. The van der Waals surface area contributed by atoms with Crippen molar-refractivity contribution in [3.63, 3.8) is 0 Å². The minimum absolute atomic E-state index is 0.00361. The number of carbonyl (C=O) groups excluding carboxylic acids is 5. The molecule has 2 aromatic rings. The third kappa shape index (κ3) is 12.1. The van der Waals surface area contributed by atoms with E-state index < -0.39 is 71.0 Å². The summed E-state index contributed by atoms with van der Waals surface area (Å²) in [5, 5.41) is 20.4. The lowest BCUT2D eigenvalue weighted by atomic mass is 9.72. The molecule has 0 bridgehead atoms. The zero-order valence-electron chi connectivity index (χ0n) is 30.0. The highest BCUT2D eigenvalue weighted by molar-refractivity contribution is 7.98. The van der Waals surface area contributed by atoms with E-state index in [0.29, 0.717) is 22.6 Å². The SMILES string of the molecule is CSCC[C@H](NC(=O)[C@@H](N)CC1(C(=O)[C@H](C)NC(C)=O)C=Nc2ccccc21)C(=O)N[C@@H](CCCN=C(N)N)C(=O)N[C@@H](Cc1ccccc1)C(=O)O. The Hall–Kier alpha value is -5.29. The molecule has 11 N–H and O–H groups in total. The van der Waals surface area contributed by atoms with Crippen LogP contribution in [0.4, 0.5) is 5.69 Å². The van der Waals surface area contributed by atoms with E-state index in [2.05, 4.69) is 31.3 Å². The predicted molar refractivity (Wildman–Crippen MR) is 204 cm³/mol. The number of thioether (sulfide) groups is 1. The van der Waals surface area contributed by atoms with Crippen LogP contribution in [0.25, 0.3) is 0 Å². The van der Waals surface area contributed by atoms with Crippen LogP contribution < -0.4 is 38.5 Å². The molecule has 4 amide bonds. The summed E-state index contributed by atoms with van der Waals surface area (Å²) in [7, 11) is 0. The molecular weight excluding hydrogens is 703 g/mol. The lowest BCUT2D eigenvalue weighted by Crippen LogP contribution is -2.58. The van der Waals surface area contributed by atoms with Gasteiger partial charge in [-0.3, -0.25) is 34.0 Å². The molecule has 0 aromatic heterocycles. The standard InChI is InChI=1S/C36H49N9O7S/c1-21(42-22(2)46)30(47)36(20-41-26-13-8-7-12-24(26)36)19-25(37)31(48)43-28(15-17-53-3)33(50)44-27(14-9-16-40-35(38)39)32(49)45-29(34(51)52)18-23-10-5-4-6-11-23/h4-8,10-13,20-21,25,27-29H,9,14-19,37H2,1-3H3,(H,42,46)(H,43,48)(H,44,50)(H,45,49)(H,51,52)(H4,38,39,40)/t21-,25-,27-,28-,29-,36?/m0/s1. The van der Waals surface area contributed by atoms with E-state index in [1.807, 2.05) is 6.26 Å². The molecule has 3 rings (SSSR count). The maximum Gasteiger partial charge on any atom is 0.326 e. The number of guanidine groups is 1. The number of carboxylic acids is 1. The van der Waals surface area contributed by atoms with Gasteiger partial charge >= 0.3 is 5.97 Å². The quantitative estimate of drug-likeness (QED) is 0.0479. The Bertz CT molecular complexity index is 1690. The number of hydrogen-bond acceptors (Lipinski definition) is 10. The number of hydrogen-bond donors (Lipinski definition) is 8. The molecule has 0 radical (unpaired) electrons. The highest BCUT2D eigenvalue weighted by Gasteiger charge is 2.47. The molecule has 0 spiro atoms. The van der Waals surface area contributed by atoms with Crippen LogP contribution in [0.5, 0.6) is 0 Å². The largest absolute Gasteiger partial charge is 0.480 e. The third-order valence-electron chi connectivity index (χ3n) is 8.66. The third-order valence-corrected chi connectivity index (χ3v) is 9.30. The van der Waals surface area contributed by atoms with Crippen LogP contribution in [0.3, 0.4) is 0 Å². The number of benzene rings is 2. The molecule has 0 saturated heterocycles. The number of para-hydroxylation sites is 1. The minimum atomic E-state index is -1.44. The summed E-state index contributed by atoms with van der Waals surface area (Å²) in [6.07, 6.45) is 3.52. The smallest absolute Gasteiger partial charge is 0.326 e. The van der Waals surface area contributed by atoms with E-state index in [1.54, 1.807) is 61.5 Å². The van der Waals surface area contributed by atoms with Crippen molar-refractivity contribution in [2.75, 3.05) is 18.6 Å². The summed E-state index contributed by atoms with van der Waals surface area (Å²) in [6.45, 7) is 2.97. The Morgan fingerprint density at radius 1 is 0.868 bits per heavy atom. The fourth-order valence-corrected chi connectivity index (χ4v) is 6.49. The number of ketones is 1. The van der Waals surface area contributed by atoms with Gasteiger partial charge in [0.05, 0.1) is 23.2 Å². The molecule has 286 valence electrons. The first-order chi connectivity index (χ1) is 25.2. The van der Waals surface area contributed by atoms with Crippen molar-refractivity contribution in [3.05, 3.63) is 65.7 Å². The van der Waals surface area contributed by atoms with E-state index in [-0.39, 0.29) is 44.6 Å². The van der Waals surface area contributed by atoms with E-state index >= 15 is 0 Å². The Morgan fingerprint density at radius 3 is 2.09 bits per heavy atom. The number of amides is 4. The molecular formula is C36H49N9O7S. The van der Waals surface area contributed by atoms with Crippen molar-refractivity contribution >= 4 is 65.0 Å². The van der Waals surface area contributed by atoms with Crippen LogP contribution >= 0.6 is 11.8 Å². The molecule has 0 fully saturated rings. The van der Waals surface area contributed by atoms with Crippen LogP contribution in [-0.2, 0) is 40.6 Å². The topological polar surface area (TPSA) is 274 Å². The van der Waals surface area contributed by atoms with Gasteiger partial charge in [0.2, 0.25) is 23.6 Å². The number of Topliss-reactive ketones (excluding diaryl/α,β-unsaturated/α-hetero) is 1. The maximum absolute atomic E-state index is 13.9. The molecule has 0 aliphatic carbocycles. The molecule has 2 aromatic carbocycles. The predicted octanol–water partition coefficient (Wildman–Crippen LogP) is 0.0398. The summed E-state index contributed by atoms with van der Waals surface area (Å²) < 4.78 is 0. The van der Waals surface area contributed by atoms with E-state index in [4.69, 9.17) is 17.2 Å². The normalized spacial score (nSPS) is 17.2. The first kappa shape index (κ1) is 42.1. The lowest BCUT2D eigenvalue weighted by molar-refractivity contribution is -0.142. The van der Waals surface area contributed by atoms with E-state index in [9.17, 15) is 33.9 Å². The van der Waals surface area contributed by atoms with Crippen LogP contribution in [-0.4, -0.2) is 101 Å². The molecule has 1 unspecified atom stereocenters. The fraction of sp³-hybridized carbons (Fsp3) is 0.444. The van der Waals surface area contributed by atoms with Gasteiger partial charge in [-0.25, -0.2) is 4.79 Å². The summed E-state index contributed by atoms with van der Waals surface area (Å²) in [5.74, 6) is -3.96. The van der Waals surface area contributed by atoms with Crippen LogP contribution in [0.2, 0.25) is 0 Å². The minimum Gasteiger partial charge on any atom is -0.480 e. The molecule has 17 heteroatoms. The van der Waals surface area contributed by atoms with Gasteiger partial charge < -0.3 is 43.6 Å². The summed E-state index contributed by atoms with van der Waals surface area (Å²) in [6, 6.07) is 9.81. The molecule has 16 nitrogen and oxygen atoms in total. The number of aliphatic imine (C=N–C) groups is 2. The number of fused-ring (bicyclic) bond motifs is 1. The second-order valence-electron chi connectivity index (χ2n) is 12.8. The molecule has 0 saturated carbocycles. The van der Waals surface area contributed by atoms with Crippen molar-refractivity contribution in [3.8, 4) is 0 Å². The van der Waals surface area contributed by atoms with Gasteiger partial charge in [-0.2, -0.15) is 11.8 Å². The number of aliphatic carboxylic acids is 1. The Kier molecular flexibility index (Phi) is 16.0. The summed E-state index contributed by atoms with van der Waals surface area (Å²) in [4.78, 5) is 87.2. The molecule has 1 aliphatic rings. The van der Waals surface area contributed by atoms with Crippen molar-refractivity contribution in [1.82, 2.24) is 21.3 Å². The molecule has 6 atom stereocenters. The highest BCUT2D eigenvalue weighted by Crippen LogP contribution is 2.41. The highest BCUT2D eigenvalue weighted by atomic mass is 32.2. The first-order valence-corrected chi connectivity index (χ1v) is 18.5. The van der Waals surface area contributed by atoms with Crippen molar-refractivity contribution < 1.29 is 33.9 Å². The number of nitrogens with one attached hydrogen (secondary N) is 4. The number of nitrogens with zero attached hydrogens (tertiary/aromatic N) is 2. The van der Waals surface area contributed by atoms with E-state index in [1.165, 1.54) is 24.9 Å². The van der Waals surface area contributed by atoms with Crippen LogP contribution in [0, 0.1) is 0 Å². The number of carboxylic acid groups (broad SMARTS) is 1. The Morgan fingerprint density at radius 2 is 1.47 bits per heavy atom. The van der Waals surface area contributed by atoms with Gasteiger partial charge in [-0.15, -0.1) is 0 Å². The Labute approximate surface area is 312 Å². The van der Waals surface area contributed by atoms with Gasteiger partial charge in [-0.1, -0.05) is 48.5 Å². The van der Waals surface area contributed by atoms with Gasteiger partial charge in [0.15, 0.2) is 11.7 Å². The van der Waals surface area contributed by atoms with Crippen molar-refractivity contribution in [2.24, 2.45) is 27.2 Å². The van der Waals surface area contributed by atoms with Gasteiger partial charge in [0, 0.05) is 26.1 Å². The second-order valence-corrected chi connectivity index (χ2v) is 13.8. The summed E-state index contributed by atoms with van der Waals surface area (Å²) in [5.41, 5.74) is 17.6. The first-order valence-electron chi connectivity index (χ1n) is 17.1. The van der Waals surface area contributed by atoms with Crippen LogP contribution in [0.15, 0.2) is 64.6 Å². The number of carbonyl (C=O) groups is 6. The number of rotatable bonds is 21. The monoisotopic (exact) mass is 751 g/mol. The average molecular weight is 752 g/mol. The Balaban J connectivity index is 1.82. The van der Waals surface area contributed by atoms with Crippen molar-refractivity contribution in [2.45, 2.75) is 81.6 Å². The molecule has 1 heterocycles. The van der Waals surface area contributed by atoms with E-state index in [0.717, 1.165) is 0 Å². The lowest BCUT2D eigenvalue weighted by Gasteiger charge is -2.32. The summed E-state index contributed by atoms with van der Waals surface area (Å²) >= 11 is 1.43. The van der Waals surface area contributed by atoms with Gasteiger partial charge in [0.25, 0.3) is 0 Å². The maximum atomic E-state index is 13.9. The number of nitrogens with two attached hydrogens (primary N) is 3. The van der Waals surface area contributed by atoms with Crippen molar-refractivity contribution in [1.29, 1.82) is 0 Å². The second kappa shape index (κ2) is 20.1. The van der Waals surface area contributed by atoms with Crippen LogP contribution in [0.1, 0.15) is 50.7 Å².